The third-order valence-electron chi connectivity index (χ3n) is 3.87. The van der Waals surface area contributed by atoms with Crippen LogP contribution in [0.5, 0.6) is 11.5 Å². The van der Waals surface area contributed by atoms with Gasteiger partial charge in [0.15, 0.2) is 11.5 Å². The molecule has 0 atom stereocenters. The summed E-state index contributed by atoms with van der Waals surface area (Å²) in [5.41, 5.74) is 2.60. The van der Waals surface area contributed by atoms with Gasteiger partial charge in [-0.25, -0.2) is 4.98 Å². The van der Waals surface area contributed by atoms with Crippen molar-refractivity contribution in [2.45, 2.75) is 13.0 Å². The number of rotatable bonds is 5. The summed E-state index contributed by atoms with van der Waals surface area (Å²) in [7, 11) is 0. The van der Waals surface area contributed by atoms with Crippen LogP contribution >= 0.6 is 11.3 Å². The predicted molar refractivity (Wildman–Crippen MR) is 95.1 cm³/mol. The smallest absolute Gasteiger partial charge is 0.271 e. The van der Waals surface area contributed by atoms with Crippen LogP contribution in [0.4, 0.5) is 0 Å². The van der Waals surface area contributed by atoms with Crippen molar-refractivity contribution in [1.29, 1.82) is 0 Å². The quantitative estimate of drug-likeness (QED) is 0.765. The first-order chi connectivity index (χ1) is 12.3. The summed E-state index contributed by atoms with van der Waals surface area (Å²) in [6.07, 6.45) is 0.737. The summed E-state index contributed by atoms with van der Waals surface area (Å²) < 4.78 is 10.6. The lowest BCUT2D eigenvalue weighted by Gasteiger charge is -2.04. The second kappa shape index (κ2) is 6.94. The van der Waals surface area contributed by atoms with Crippen LogP contribution in [0.1, 0.15) is 26.6 Å². The molecular formula is C19H16N2O3S. The van der Waals surface area contributed by atoms with Gasteiger partial charge < -0.3 is 14.8 Å². The number of thiazole rings is 1. The Kier molecular flexibility index (Phi) is 4.35. The van der Waals surface area contributed by atoms with E-state index in [1.807, 2.05) is 36.4 Å². The Balaban J connectivity index is 1.37. The molecule has 0 aliphatic carbocycles. The molecule has 25 heavy (non-hydrogen) atoms. The number of amides is 1. The fourth-order valence-corrected chi connectivity index (χ4v) is 3.40. The summed E-state index contributed by atoms with van der Waals surface area (Å²) in [5, 5.41) is 5.62. The number of carbonyl (C=O) groups is 1. The molecule has 0 saturated carbocycles. The lowest BCUT2D eigenvalue weighted by atomic mass is 10.2. The Labute approximate surface area is 149 Å². The first-order valence-corrected chi connectivity index (χ1v) is 8.81. The van der Waals surface area contributed by atoms with Crippen LogP contribution in [0, 0.1) is 0 Å². The maximum Gasteiger partial charge on any atom is 0.271 e. The number of carbonyl (C=O) groups excluding carboxylic acids is 1. The SMILES string of the molecule is O=C(NCc1ccc2c(c1)OCO2)c1csc(Cc2ccccc2)n1. The van der Waals surface area contributed by atoms with Crippen LogP contribution < -0.4 is 14.8 Å². The molecule has 0 fully saturated rings. The number of fused-ring (bicyclic) bond motifs is 1. The first-order valence-electron chi connectivity index (χ1n) is 7.93. The van der Waals surface area contributed by atoms with Gasteiger partial charge in [-0.05, 0) is 23.3 Å². The highest BCUT2D eigenvalue weighted by Gasteiger charge is 2.14. The van der Waals surface area contributed by atoms with Crippen LogP contribution in [0.25, 0.3) is 0 Å². The van der Waals surface area contributed by atoms with Crippen molar-refractivity contribution in [3.63, 3.8) is 0 Å². The van der Waals surface area contributed by atoms with Gasteiger partial charge in [0.05, 0.1) is 5.01 Å². The molecule has 3 aromatic rings. The number of ether oxygens (including phenoxy) is 2. The van der Waals surface area contributed by atoms with E-state index in [1.165, 1.54) is 16.9 Å². The highest BCUT2D eigenvalue weighted by molar-refractivity contribution is 7.09. The Morgan fingerprint density at radius 2 is 1.92 bits per heavy atom. The van der Waals surface area contributed by atoms with E-state index in [2.05, 4.69) is 22.4 Å². The van der Waals surface area contributed by atoms with Gasteiger partial charge >= 0.3 is 0 Å². The standard InChI is InChI=1S/C19H16N2O3S/c22-19(20-10-14-6-7-16-17(8-14)24-12-23-16)15-11-25-18(21-15)9-13-4-2-1-3-5-13/h1-8,11H,9-10,12H2,(H,20,22). The van der Waals surface area contributed by atoms with E-state index in [9.17, 15) is 4.79 Å². The summed E-state index contributed by atoms with van der Waals surface area (Å²) in [4.78, 5) is 16.7. The fraction of sp³-hybridized carbons (Fsp3) is 0.158. The first kappa shape index (κ1) is 15.7. The van der Waals surface area contributed by atoms with Crippen LogP contribution in [-0.2, 0) is 13.0 Å². The van der Waals surface area contributed by atoms with E-state index in [0.717, 1.165) is 22.7 Å². The van der Waals surface area contributed by atoms with Gasteiger partial charge in [0.25, 0.3) is 5.91 Å². The number of aromatic nitrogens is 1. The third kappa shape index (κ3) is 3.64. The van der Waals surface area contributed by atoms with E-state index in [-0.39, 0.29) is 12.7 Å². The molecule has 1 amide bonds. The molecule has 1 aliphatic rings. The number of hydrogen-bond acceptors (Lipinski definition) is 5. The van der Waals surface area contributed by atoms with Crippen molar-refractivity contribution < 1.29 is 14.3 Å². The van der Waals surface area contributed by atoms with Crippen LogP contribution in [0.15, 0.2) is 53.9 Å². The predicted octanol–water partition coefficient (Wildman–Crippen LogP) is 3.39. The largest absolute Gasteiger partial charge is 0.454 e. The van der Waals surface area contributed by atoms with Crippen LogP contribution in [0.2, 0.25) is 0 Å². The Morgan fingerprint density at radius 1 is 1.08 bits per heavy atom. The highest BCUT2D eigenvalue weighted by Crippen LogP contribution is 2.32. The summed E-state index contributed by atoms with van der Waals surface area (Å²) in [5.74, 6) is 1.28. The van der Waals surface area contributed by atoms with E-state index in [0.29, 0.717) is 18.0 Å². The summed E-state index contributed by atoms with van der Waals surface area (Å²) in [6.45, 7) is 0.662. The molecule has 2 heterocycles. The Morgan fingerprint density at radius 3 is 2.80 bits per heavy atom. The maximum absolute atomic E-state index is 12.3. The van der Waals surface area contributed by atoms with Crippen molar-refractivity contribution in [2.75, 3.05) is 6.79 Å². The molecule has 126 valence electrons. The van der Waals surface area contributed by atoms with Crippen molar-refractivity contribution in [2.24, 2.45) is 0 Å². The molecule has 0 unspecified atom stereocenters. The van der Waals surface area contributed by atoms with Crippen molar-refractivity contribution in [3.05, 3.63) is 75.7 Å². The second-order valence-electron chi connectivity index (χ2n) is 5.66. The molecule has 6 heteroatoms. The van der Waals surface area contributed by atoms with Gasteiger partial charge in [0, 0.05) is 18.3 Å². The van der Waals surface area contributed by atoms with Crippen molar-refractivity contribution >= 4 is 17.2 Å². The van der Waals surface area contributed by atoms with Gasteiger partial charge in [-0.2, -0.15) is 0 Å². The third-order valence-corrected chi connectivity index (χ3v) is 4.72. The summed E-state index contributed by atoms with van der Waals surface area (Å²) >= 11 is 1.50. The highest BCUT2D eigenvalue weighted by atomic mass is 32.1. The molecule has 0 radical (unpaired) electrons. The second-order valence-corrected chi connectivity index (χ2v) is 6.60. The van der Waals surface area contributed by atoms with Crippen molar-refractivity contribution in [1.82, 2.24) is 10.3 Å². The normalized spacial score (nSPS) is 12.2. The monoisotopic (exact) mass is 352 g/mol. The van der Waals surface area contributed by atoms with Gasteiger partial charge in [-0.15, -0.1) is 11.3 Å². The lowest BCUT2D eigenvalue weighted by Crippen LogP contribution is -2.23. The fourth-order valence-electron chi connectivity index (χ4n) is 2.59. The van der Waals surface area contributed by atoms with Gasteiger partial charge in [-0.3, -0.25) is 4.79 Å². The van der Waals surface area contributed by atoms with E-state index in [1.54, 1.807) is 5.38 Å². The molecule has 5 nitrogen and oxygen atoms in total. The Bertz CT molecular complexity index is 893. The average Bonchev–Trinajstić information content (AvgIpc) is 3.29. The van der Waals surface area contributed by atoms with E-state index in [4.69, 9.17) is 9.47 Å². The van der Waals surface area contributed by atoms with Gasteiger partial charge in [0.2, 0.25) is 6.79 Å². The topological polar surface area (TPSA) is 60.5 Å². The van der Waals surface area contributed by atoms with E-state index >= 15 is 0 Å². The van der Waals surface area contributed by atoms with Crippen LogP contribution in [-0.4, -0.2) is 17.7 Å². The molecule has 1 aliphatic heterocycles. The van der Waals surface area contributed by atoms with Crippen LogP contribution in [0.3, 0.4) is 0 Å². The molecule has 1 aromatic heterocycles. The minimum absolute atomic E-state index is 0.173. The van der Waals surface area contributed by atoms with E-state index < -0.39 is 0 Å². The summed E-state index contributed by atoms with van der Waals surface area (Å²) in [6, 6.07) is 15.7. The minimum atomic E-state index is -0.173. The molecule has 4 rings (SSSR count). The van der Waals surface area contributed by atoms with Gasteiger partial charge in [0.1, 0.15) is 5.69 Å². The molecule has 2 aromatic carbocycles. The Hall–Kier alpha value is -2.86. The molecule has 0 saturated heterocycles. The average molecular weight is 352 g/mol. The van der Waals surface area contributed by atoms with Gasteiger partial charge in [-0.1, -0.05) is 36.4 Å². The zero-order chi connectivity index (χ0) is 17.1. The number of nitrogens with zero attached hydrogens (tertiary/aromatic N) is 1. The minimum Gasteiger partial charge on any atom is -0.454 e. The lowest BCUT2D eigenvalue weighted by molar-refractivity contribution is 0.0946. The maximum atomic E-state index is 12.3. The number of nitrogens with one attached hydrogen (secondary N) is 1. The molecule has 0 bridgehead atoms. The molecule has 1 N–H and O–H groups in total. The van der Waals surface area contributed by atoms with Crippen molar-refractivity contribution in [3.8, 4) is 11.5 Å². The molecular weight excluding hydrogens is 336 g/mol. The number of hydrogen-bond donors (Lipinski definition) is 1. The zero-order valence-corrected chi connectivity index (χ0v) is 14.2. The zero-order valence-electron chi connectivity index (χ0n) is 13.4. The molecule has 0 spiro atoms. The number of benzene rings is 2.